The molecule has 0 heterocycles. The second-order valence-electron chi connectivity index (χ2n) is 22.1. The SMILES string of the molecule is CCCCCCCC/C=C\CCCCCCCC(=O)OCCCCCCCCCCCCCCCCCCCC(=O)NC(CO)C(O)/C=C/CCCCCCCCCCCCCCCCCCCCCC. The molecule has 0 saturated carbocycles. The van der Waals surface area contributed by atoms with Crippen LogP contribution in [0.2, 0.25) is 0 Å². The maximum Gasteiger partial charge on any atom is 0.305 e. The maximum atomic E-state index is 12.5. The fourth-order valence-corrected chi connectivity index (χ4v) is 10.0. The van der Waals surface area contributed by atoms with E-state index in [1.807, 2.05) is 6.08 Å². The minimum absolute atomic E-state index is 0.00273. The summed E-state index contributed by atoms with van der Waals surface area (Å²) < 4.78 is 5.48. The van der Waals surface area contributed by atoms with E-state index in [-0.39, 0.29) is 18.5 Å². The number of allylic oxidation sites excluding steroid dienone is 3. The van der Waals surface area contributed by atoms with Crippen LogP contribution in [0.4, 0.5) is 0 Å². The van der Waals surface area contributed by atoms with Crippen molar-refractivity contribution in [3.05, 3.63) is 24.3 Å². The third-order valence-corrected chi connectivity index (χ3v) is 15.0. The second kappa shape index (κ2) is 60.9. The smallest absolute Gasteiger partial charge is 0.305 e. The Morgan fingerprint density at radius 3 is 1.00 bits per heavy atom. The molecule has 0 fully saturated rings. The van der Waals surface area contributed by atoms with Gasteiger partial charge in [0, 0.05) is 12.8 Å². The second-order valence-corrected chi connectivity index (χ2v) is 22.1. The molecule has 0 radical (unpaired) electrons. The van der Waals surface area contributed by atoms with E-state index < -0.39 is 12.1 Å². The Morgan fingerprint density at radius 1 is 0.380 bits per heavy atom. The van der Waals surface area contributed by atoms with Gasteiger partial charge in [0.1, 0.15) is 0 Å². The van der Waals surface area contributed by atoms with E-state index in [0.717, 1.165) is 44.9 Å². The van der Waals surface area contributed by atoms with E-state index in [0.29, 0.717) is 19.4 Å². The van der Waals surface area contributed by atoms with Gasteiger partial charge in [0.05, 0.1) is 25.4 Å². The zero-order valence-electron chi connectivity index (χ0n) is 48.0. The van der Waals surface area contributed by atoms with Gasteiger partial charge in [-0.25, -0.2) is 0 Å². The first-order valence-corrected chi connectivity index (χ1v) is 32.1. The monoisotopic (exact) mass is 1000 g/mol. The number of aliphatic hydroxyl groups is 2. The largest absolute Gasteiger partial charge is 0.466 e. The summed E-state index contributed by atoms with van der Waals surface area (Å²) >= 11 is 0. The van der Waals surface area contributed by atoms with Crippen molar-refractivity contribution in [3.8, 4) is 0 Å². The van der Waals surface area contributed by atoms with Crippen LogP contribution in [0.15, 0.2) is 24.3 Å². The molecule has 0 spiro atoms. The number of rotatable bonds is 60. The summed E-state index contributed by atoms with van der Waals surface area (Å²) in [6.45, 7) is 4.91. The molecule has 1 amide bonds. The van der Waals surface area contributed by atoms with Gasteiger partial charge in [0.15, 0.2) is 0 Å². The predicted octanol–water partition coefficient (Wildman–Crippen LogP) is 20.2. The van der Waals surface area contributed by atoms with Gasteiger partial charge in [0.2, 0.25) is 5.91 Å². The Morgan fingerprint density at radius 2 is 0.662 bits per heavy atom. The molecule has 0 saturated heterocycles. The predicted molar refractivity (Wildman–Crippen MR) is 310 cm³/mol. The molecule has 2 atom stereocenters. The number of carbonyl (C=O) groups is 2. The molecular formula is C65H125NO5. The van der Waals surface area contributed by atoms with Crippen molar-refractivity contribution < 1.29 is 24.5 Å². The Balaban J connectivity index is 3.44. The van der Waals surface area contributed by atoms with Crippen LogP contribution >= 0.6 is 0 Å². The van der Waals surface area contributed by atoms with E-state index >= 15 is 0 Å². The summed E-state index contributed by atoms with van der Waals surface area (Å²) in [6, 6.07) is -0.633. The van der Waals surface area contributed by atoms with Gasteiger partial charge in [0.25, 0.3) is 0 Å². The average molecular weight is 1000 g/mol. The zero-order chi connectivity index (χ0) is 51.4. The molecule has 6 heteroatoms. The van der Waals surface area contributed by atoms with Crippen molar-refractivity contribution in [2.75, 3.05) is 13.2 Å². The van der Waals surface area contributed by atoms with Gasteiger partial charge < -0.3 is 20.3 Å². The zero-order valence-corrected chi connectivity index (χ0v) is 48.0. The van der Waals surface area contributed by atoms with Crippen LogP contribution < -0.4 is 5.32 Å². The highest BCUT2D eigenvalue weighted by Crippen LogP contribution is 2.18. The highest BCUT2D eigenvalue weighted by Gasteiger charge is 2.18. The summed E-state index contributed by atoms with van der Waals surface area (Å²) in [6.07, 6.45) is 75.0. The topological polar surface area (TPSA) is 95.9 Å². The first-order chi connectivity index (χ1) is 35.0. The third kappa shape index (κ3) is 57.5. The number of ether oxygens (including phenoxy) is 1. The molecule has 2 unspecified atom stereocenters. The molecular weight excluding hydrogens is 875 g/mol. The van der Waals surface area contributed by atoms with Gasteiger partial charge in [-0.15, -0.1) is 0 Å². The summed E-state index contributed by atoms with van der Waals surface area (Å²) in [4.78, 5) is 24.6. The number of hydrogen-bond acceptors (Lipinski definition) is 5. The maximum absolute atomic E-state index is 12.5. The van der Waals surface area contributed by atoms with Crippen LogP contribution in [0.1, 0.15) is 354 Å². The van der Waals surface area contributed by atoms with Gasteiger partial charge in [-0.1, -0.05) is 308 Å². The van der Waals surface area contributed by atoms with Crippen molar-refractivity contribution >= 4 is 11.9 Å². The van der Waals surface area contributed by atoms with Crippen molar-refractivity contribution in [3.63, 3.8) is 0 Å². The molecule has 420 valence electrons. The van der Waals surface area contributed by atoms with Crippen molar-refractivity contribution in [1.82, 2.24) is 5.32 Å². The summed E-state index contributed by atoms with van der Waals surface area (Å²) in [5, 5.41) is 23.2. The van der Waals surface area contributed by atoms with Gasteiger partial charge in [-0.3, -0.25) is 9.59 Å². The van der Waals surface area contributed by atoms with Crippen molar-refractivity contribution in [2.45, 2.75) is 366 Å². The average Bonchev–Trinajstić information content (AvgIpc) is 3.37. The Labute approximate surface area is 443 Å². The lowest BCUT2D eigenvalue weighted by atomic mass is 10.0. The summed E-state index contributed by atoms with van der Waals surface area (Å²) in [5.41, 5.74) is 0. The molecule has 0 aliphatic heterocycles. The Bertz CT molecular complexity index is 1110. The molecule has 3 N–H and O–H groups in total. The molecule has 0 aliphatic rings. The van der Waals surface area contributed by atoms with Crippen LogP contribution in [0.25, 0.3) is 0 Å². The summed E-state index contributed by atoms with van der Waals surface area (Å²) in [5.74, 6) is -0.0727. The van der Waals surface area contributed by atoms with Crippen molar-refractivity contribution in [2.24, 2.45) is 0 Å². The van der Waals surface area contributed by atoms with Crippen molar-refractivity contribution in [1.29, 1.82) is 0 Å². The number of carbonyl (C=O) groups excluding carboxylic acids is 2. The van der Waals surface area contributed by atoms with E-state index in [9.17, 15) is 19.8 Å². The van der Waals surface area contributed by atoms with Gasteiger partial charge >= 0.3 is 5.97 Å². The molecule has 0 aromatic carbocycles. The lowest BCUT2D eigenvalue weighted by Gasteiger charge is -2.20. The van der Waals surface area contributed by atoms with E-state index in [1.54, 1.807) is 6.08 Å². The number of amides is 1. The number of unbranched alkanes of at least 4 members (excludes halogenated alkanes) is 47. The first kappa shape index (κ1) is 69.3. The number of aliphatic hydroxyl groups excluding tert-OH is 2. The molecule has 0 aliphatic carbocycles. The molecule has 0 aromatic rings. The van der Waals surface area contributed by atoms with Gasteiger partial charge in [-0.05, 0) is 57.8 Å². The third-order valence-electron chi connectivity index (χ3n) is 15.0. The fraction of sp³-hybridized carbons (Fsp3) is 0.908. The lowest BCUT2D eigenvalue weighted by Crippen LogP contribution is -2.45. The van der Waals surface area contributed by atoms with Crippen LogP contribution in [-0.4, -0.2) is 47.4 Å². The standard InChI is InChI=1S/C65H125NO5/c1-3-5-7-9-11-13-15-17-19-20-21-22-23-24-26-30-33-37-41-45-49-53-57-63(68)62(61-67)66-64(69)58-54-50-46-42-38-34-31-27-25-28-32-36-40-44-48-52-56-60-71-65(70)59-55-51-47-43-39-35-29-18-16-14-12-10-8-6-4-2/h18,29,53,57,62-63,67-68H,3-17,19-28,30-52,54-56,58-61H2,1-2H3,(H,66,69)/b29-18-,57-53+. The molecule has 0 aromatic heterocycles. The highest BCUT2D eigenvalue weighted by molar-refractivity contribution is 5.76. The van der Waals surface area contributed by atoms with E-state index in [1.165, 1.54) is 283 Å². The summed E-state index contributed by atoms with van der Waals surface area (Å²) in [7, 11) is 0. The van der Waals surface area contributed by atoms with Crippen LogP contribution in [-0.2, 0) is 14.3 Å². The van der Waals surface area contributed by atoms with E-state index in [4.69, 9.17) is 4.74 Å². The normalized spacial score (nSPS) is 12.7. The molecule has 71 heavy (non-hydrogen) atoms. The molecule has 6 nitrogen and oxygen atoms in total. The highest BCUT2D eigenvalue weighted by atomic mass is 16.5. The van der Waals surface area contributed by atoms with Crippen LogP contribution in [0.5, 0.6) is 0 Å². The van der Waals surface area contributed by atoms with Crippen LogP contribution in [0, 0.1) is 0 Å². The quantitative estimate of drug-likeness (QED) is 0.0320. The number of nitrogens with one attached hydrogen (secondary N) is 1. The minimum Gasteiger partial charge on any atom is -0.466 e. The first-order valence-electron chi connectivity index (χ1n) is 32.1. The molecule has 0 bridgehead atoms. The van der Waals surface area contributed by atoms with Crippen LogP contribution in [0.3, 0.4) is 0 Å². The van der Waals surface area contributed by atoms with Gasteiger partial charge in [-0.2, -0.15) is 0 Å². The lowest BCUT2D eigenvalue weighted by molar-refractivity contribution is -0.143. The minimum atomic E-state index is -0.849. The molecule has 0 rings (SSSR count). The van der Waals surface area contributed by atoms with E-state index in [2.05, 4.69) is 31.3 Å². The Hall–Kier alpha value is -1.66. The number of hydrogen-bond donors (Lipinski definition) is 3. The Kier molecular flexibility index (Phi) is 59.5. The number of esters is 1. The fourth-order valence-electron chi connectivity index (χ4n) is 10.0.